The first-order chi connectivity index (χ1) is 10.7. The molecular weight excluding hydrogens is 282 g/mol. The van der Waals surface area contributed by atoms with Crippen molar-refractivity contribution < 1.29 is 9.15 Å². The van der Waals surface area contributed by atoms with Crippen molar-refractivity contribution in [1.82, 2.24) is 19.9 Å². The fourth-order valence-electron chi connectivity index (χ4n) is 2.52. The standard InChI is InChI=1S/C15H21N5O2/c1-11-12(2)22-15(17-11)10-19-4-6-20(7-5-19)13-8-16-9-14(18-13)21-3/h8-9H,4-7,10H2,1-3H3. The molecular formula is C15H21N5O2. The van der Waals surface area contributed by atoms with Crippen LogP contribution < -0.4 is 9.64 Å². The molecule has 2 aromatic heterocycles. The number of methoxy groups -OCH3 is 1. The summed E-state index contributed by atoms with van der Waals surface area (Å²) in [4.78, 5) is 17.6. The second kappa shape index (κ2) is 6.31. The lowest BCUT2D eigenvalue weighted by Crippen LogP contribution is -2.46. The SMILES string of the molecule is COc1cncc(N2CCN(Cc3nc(C)c(C)o3)CC2)n1. The van der Waals surface area contributed by atoms with Gasteiger partial charge in [-0.1, -0.05) is 0 Å². The zero-order chi connectivity index (χ0) is 15.5. The van der Waals surface area contributed by atoms with Crippen molar-refractivity contribution >= 4 is 5.82 Å². The molecule has 1 aliphatic rings. The van der Waals surface area contributed by atoms with E-state index in [0.29, 0.717) is 5.88 Å². The van der Waals surface area contributed by atoms with Crippen molar-refractivity contribution in [3.8, 4) is 5.88 Å². The van der Waals surface area contributed by atoms with E-state index in [1.54, 1.807) is 19.5 Å². The van der Waals surface area contributed by atoms with Gasteiger partial charge in [-0.2, -0.15) is 4.98 Å². The lowest BCUT2D eigenvalue weighted by Gasteiger charge is -2.34. The Morgan fingerprint density at radius 2 is 1.91 bits per heavy atom. The molecule has 0 N–H and O–H groups in total. The van der Waals surface area contributed by atoms with Gasteiger partial charge in [-0.15, -0.1) is 0 Å². The lowest BCUT2D eigenvalue weighted by atomic mass is 10.3. The van der Waals surface area contributed by atoms with E-state index in [1.165, 1.54) is 0 Å². The first-order valence-corrected chi connectivity index (χ1v) is 7.42. The van der Waals surface area contributed by atoms with Crippen LogP contribution in [0.1, 0.15) is 17.3 Å². The third kappa shape index (κ3) is 3.19. The Morgan fingerprint density at radius 3 is 2.55 bits per heavy atom. The molecule has 0 aliphatic carbocycles. The van der Waals surface area contributed by atoms with Gasteiger partial charge in [0.25, 0.3) is 0 Å². The van der Waals surface area contributed by atoms with Crippen LogP contribution >= 0.6 is 0 Å². The summed E-state index contributed by atoms with van der Waals surface area (Å²) in [6.07, 6.45) is 3.39. The van der Waals surface area contributed by atoms with Gasteiger partial charge >= 0.3 is 0 Å². The Balaban J connectivity index is 1.57. The van der Waals surface area contributed by atoms with E-state index in [0.717, 1.165) is 55.9 Å². The van der Waals surface area contributed by atoms with Crippen LogP contribution in [0.2, 0.25) is 0 Å². The molecule has 1 saturated heterocycles. The Labute approximate surface area is 129 Å². The molecule has 118 valence electrons. The quantitative estimate of drug-likeness (QED) is 0.846. The number of oxazole rings is 1. The van der Waals surface area contributed by atoms with Crippen LogP contribution in [0.25, 0.3) is 0 Å². The van der Waals surface area contributed by atoms with E-state index in [1.807, 2.05) is 13.8 Å². The van der Waals surface area contributed by atoms with Crippen LogP contribution in [0.15, 0.2) is 16.8 Å². The summed E-state index contributed by atoms with van der Waals surface area (Å²) in [7, 11) is 1.60. The summed E-state index contributed by atoms with van der Waals surface area (Å²) in [6, 6.07) is 0. The van der Waals surface area contributed by atoms with Crippen LogP contribution in [-0.2, 0) is 6.54 Å². The number of hydrogen-bond acceptors (Lipinski definition) is 7. The molecule has 3 rings (SSSR count). The molecule has 0 saturated carbocycles. The number of nitrogens with zero attached hydrogens (tertiary/aromatic N) is 5. The third-order valence-corrected chi connectivity index (χ3v) is 3.94. The van der Waals surface area contributed by atoms with Crippen LogP contribution in [0.4, 0.5) is 5.82 Å². The van der Waals surface area contributed by atoms with E-state index in [9.17, 15) is 0 Å². The fraction of sp³-hybridized carbons (Fsp3) is 0.533. The Morgan fingerprint density at radius 1 is 1.14 bits per heavy atom. The summed E-state index contributed by atoms with van der Waals surface area (Å²) >= 11 is 0. The van der Waals surface area contributed by atoms with Crippen molar-refractivity contribution in [3.63, 3.8) is 0 Å². The number of piperazine rings is 1. The summed E-state index contributed by atoms with van der Waals surface area (Å²) in [5, 5.41) is 0. The number of hydrogen-bond donors (Lipinski definition) is 0. The highest BCUT2D eigenvalue weighted by atomic mass is 16.5. The summed E-state index contributed by atoms with van der Waals surface area (Å²) in [6.45, 7) is 8.37. The van der Waals surface area contributed by atoms with E-state index in [-0.39, 0.29) is 0 Å². The molecule has 7 nitrogen and oxygen atoms in total. The summed E-state index contributed by atoms with van der Waals surface area (Å²) < 4.78 is 10.8. The summed E-state index contributed by atoms with van der Waals surface area (Å²) in [5.41, 5.74) is 0.972. The molecule has 0 spiro atoms. The van der Waals surface area contributed by atoms with Gasteiger partial charge in [0.15, 0.2) is 5.82 Å². The Bertz CT molecular complexity index is 615. The molecule has 2 aromatic rings. The maximum atomic E-state index is 5.65. The van der Waals surface area contributed by atoms with Gasteiger partial charge in [0.2, 0.25) is 11.8 Å². The molecule has 7 heteroatoms. The maximum absolute atomic E-state index is 5.65. The lowest BCUT2D eigenvalue weighted by molar-refractivity contribution is 0.224. The van der Waals surface area contributed by atoms with Gasteiger partial charge in [0.1, 0.15) is 5.76 Å². The minimum atomic E-state index is 0.547. The minimum absolute atomic E-state index is 0.547. The molecule has 22 heavy (non-hydrogen) atoms. The smallest absolute Gasteiger partial charge is 0.233 e. The van der Waals surface area contributed by atoms with Crippen LogP contribution in [0, 0.1) is 13.8 Å². The first kappa shape index (κ1) is 14.8. The molecule has 0 atom stereocenters. The zero-order valence-electron chi connectivity index (χ0n) is 13.2. The molecule has 1 aliphatic heterocycles. The molecule has 0 bridgehead atoms. The van der Waals surface area contributed by atoms with Crippen LogP contribution in [-0.4, -0.2) is 53.1 Å². The topological polar surface area (TPSA) is 67.5 Å². The van der Waals surface area contributed by atoms with Crippen molar-refractivity contribution in [3.05, 3.63) is 29.7 Å². The van der Waals surface area contributed by atoms with E-state index in [2.05, 4.69) is 24.8 Å². The molecule has 3 heterocycles. The van der Waals surface area contributed by atoms with Crippen molar-refractivity contribution in [1.29, 1.82) is 0 Å². The number of aryl methyl sites for hydroxylation is 2. The molecule has 0 amide bonds. The highest BCUT2D eigenvalue weighted by Crippen LogP contribution is 2.17. The van der Waals surface area contributed by atoms with Gasteiger partial charge in [-0.3, -0.25) is 9.88 Å². The average Bonchev–Trinajstić information content (AvgIpc) is 2.86. The predicted octanol–water partition coefficient (Wildman–Crippen LogP) is 1.41. The van der Waals surface area contributed by atoms with Gasteiger partial charge < -0.3 is 14.1 Å². The fourth-order valence-corrected chi connectivity index (χ4v) is 2.52. The highest BCUT2D eigenvalue weighted by molar-refractivity contribution is 5.38. The minimum Gasteiger partial charge on any atom is -0.480 e. The number of ether oxygens (including phenoxy) is 1. The van der Waals surface area contributed by atoms with Crippen LogP contribution in [0.3, 0.4) is 0 Å². The van der Waals surface area contributed by atoms with E-state index < -0.39 is 0 Å². The molecule has 0 aromatic carbocycles. The second-order valence-electron chi connectivity index (χ2n) is 5.43. The van der Waals surface area contributed by atoms with Gasteiger partial charge in [0.05, 0.1) is 31.7 Å². The normalized spacial score (nSPS) is 16.0. The highest BCUT2D eigenvalue weighted by Gasteiger charge is 2.20. The number of rotatable bonds is 4. The second-order valence-corrected chi connectivity index (χ2v) is 5.43. The monoisotopic (exact) mass is 303 g/mol. The number of aromatic nitrogens is 3. The van der Waals surface area contributed by atoms with Gasteiger partial charge in [0, 0.05) is 26.2 Å². The van der Waals surface area contributed by atoms with Crippen molar-refractivity contribution in [2.24, 2.45) is 0 Å². The average molecular weight is 303 g/mol. The maximum Gasteiger partial charge on any atom is 0.233 e. The Hall–Kier alpha value is -2.15. The molecule has 1 fully saturated rings. The summed E-state index contributed by atoms with van der Waals surface area (Å²) in [5.74, 6) is 3.11. The van der Waals surface area contributed by atoms with Crippen LogP contribution in [0.5, 0.6) is 5.88 Å². The van der Waals surface area contributed by atoms with Crippen molar-refractivity contribution in [2.45, 2.75) is 20.4 Å². The third-order valence-electron chi connectivity index (χ3n) is 3.94. The number of anilines is 1. The molecule has 0 unspecified atom stereocenters. The van der Waals surface area contributed by atoms with E-state index in [4.69, 9.17) is 9.15 Å². The largest absolute Gasteiger partial charge is 0.480 e. The van der Waals surface area contributed by atoms with Gasteiger partial charge in [-0.05, 0) is 13.8 Å². The first-order valence-electron chi connectivity index (χ1n) is 7.42. The van der Waals surface area contributed by atoms with Gasteiger partial charge in [-0.25, -0.2) is 4.98 Å². The van der Waals surface area contributed by atoms with Crippen molar-refractivity contribution in [2.75, 3.05) is 38.2 Å². The molecule has 0 radical (unpaired) electrons. The predicted molar refractivity (Wildman–Crippen MR) is 82.1 cm³/mol. The zero-order valence-corrected chi connectivity index (χ0v) is 13.2. The van der Waals surface area contributed by atoms with E-state index >= 15 is 0 Å². The Kier molecular flexibility index (Phi) is 4.24.